The first-order valence-corrected chi connectivity index (χ1v) is 22.3. The maximum Gasteiger partial charge on any atom is 0.425 e. The van der Waals surface area contributed by atoms with Crippen molar-refractivity contribution in [3.63, 3.8) is 0 Å². The van der Waals surface area contributed by atoms with Crippen LogP contribution in [-0.4, -0.2) is 98.5 Å². The van der Waals surface area contributed by atoms with Crippen molar-refractivity contribution in [3.05, 3.63) is 59.9 Å². The molecule has 6 rings (SSSR count). The minimum atomic E-state index is -0.935. The molecular weight excluding hydrogens is 955 g/mol. The maximum absolute atomic E-state index is 12.6. The molecule has 2 aliphatic carbocycles. The van der Waals surface area contributed by atoms with Crippen LogP contribution in [0.2, 0.25) is 10.3 Å². The highest BCUT2D eigenvalue weighted by Gasteiger charge is 2.36. The number of nitrogens with zero attached hydrogens (tertiary/aromatic N) is 10. The number of ether oxygens (including phenoxy) is 4. The molecule has 0 aliphatic heterocycles. The quantitative estimate of drug-likeness (QED) is 0.104. The maximum atomic E-state index is 12.6. The number of nitrogens with one attached hydrogen (secondary N) is 2. The van der Waals surface area contributed by atoms with Crippen molar-refractivity contribution in [3.8, 4) is 0 Å². The fourth-order valence-corrected chi connectivity index (χ4v) is 4.97. The molecule has 70 heavy (non-hydrogen) atoms. The number of imide groups is 2. The van der Waals surface area contributed by atoms with Crippen molar-refractivity contribution < 1.29 is 47.7 Å². The first-order valence-electron chi connectivity index (χ1n) is 21.5. The Kier molecular flexibility index (Phi) is 20.0. The Labute approximate surface area is 415 Å². The van der Waals surface area contributed by atoms with Gasteiger partial charge in [-0.3, -0.25) is 9.59 Å². The summed E-state index contributed by atoms with van der Waals surface area (Å²) in [7, 11) is 0. The van der Waals surface area contributed by atoms with Crippen molar-refractivity contribution in [1.29, 1.82) is 0 Å². The standard InChI is InChI=1S/C18H26N4O5.C14H20ClN3O4.C8H10N4O.C4H4ClN3/c1-17(2,3)26-15(24)22(16(25)27-18(4,5)6)13-9-12(19-10-20-13)21-14(23)11-7-8-11;1-13(2,3)21-11(19)18(12(20)22-14(4,5)6)10-7-9(15)16-8-17-10;9-6-3-7(11-4-10-6)12-8(13)5-1-2-5;5-3-1-4(6)8-2-7-3/h9-11H,7-8H2,1-6H3,(H,19,20,21,23);7-8H,1-6H3;3-5H,1-2H2,(H3,9,10,11,12,13);1-2H,(H2,6,7,8). The molecule has 0 aromatic carbocycles. The summed E-state index contributed by atoms with van der Waals surface area (Å²) >= 11 is 11.2. The molecule has 4 heterocycles. The summed E-state index contributed by atoms with van der Waals surface area (Å²) in [4.78, 5) is 105. The Hall–Kier alpha value is -7.08. The molecule has 6 amide bonds. The number of aromatic nitrogens is 8. The Balaban J connectivity index is 0.000000267. The number of carbonyl (C=O) groups is 6. The van der Waals surface area contributed by atoms with Gasteiger partial charge in [0.05, 0.1) is 0 Å². The lowest BCUT2D eigenvalue weighted by Gasteiger charge is -2.28. The second kappa shape index (κ2) is 24.5. The van der Waals surface area contributed by atoms with Crippen molar-refractivity contribution in [2.45, 2.75) is 131 Å². The number of hydrogen-bond acceptors (Lipinski definition) is 20. The Morgan fingerprint density at radius 2 is 0.771 bits per heavy atom. The fourth-order valence-electron chi connectivity index (χ4n) is 4.67. The molecule has 24 nitrogen and oxygen atoms in total. The van der Waals surface area contributed by atoms with Crippen LogP contribution in [-0.2, 0) is 28.5 Å². The van der Waals surface area contributed by atoms with Crippen LogP contribution in [0.25, 0.3) is 0 Å². The third-order valence-corrected chi connectivity index (χ3v) is 8.19. The van der Waals surface area contributed by atoms with Gasteiger partial charge in [0.25, 0.3) is 0 Å². The van der Waals surface area contributed by atoms with Crippen LogP contribution in [0.1, 0.15) is 109 Å². The zero-order valence-corrected chi connectivity index (χ0v) is 42.6. The highest BCUT2D eigenvalue weighted by molar-refractivity contribution is 6.30. The average molecular weight is 1020 g/mol. The molecule has 0 atom stereocenters. The molecule has 4 aromatic heterocycles. The van der Waals surface area contributed by atoms with Gasteiger partial charge in [-0.25, -0.2) is 59.0 Å². The van der Waals surface area contributed by atoms with Gasteiger partial charge in [-0.2, -0.15) is 9.80 Å². The minimum Gasteiger partial charge on any atom is -0.443 e. The molecule has 0 saturated heterocycles. The molecule has 2 saturated carbocycles. The van der Waals surface area contributed by atoms with Gasteiger partial charge in [0.2, 0.25) is 11.8 Å². The molecule has 2 aliphatic rings. The van der Waals surface area contributed by atoms with Gasteiger partial charge < -0.3 is 41.0 Å². The van der Waals surface area contributed by atoms with E-state index in [0.717, 1.165) is 38.3 Å². The van der Waals surface area contributed by atoms with E-state index < -0.39 is 46.8 Å². The molecule has 0 bridgehead atoms. The van der Waals surface area contributed by atoms with E-state index in [1.165, 1.54) is 30.9 Å². The largest absolute Gasteiger partial charge is 0.443 e. The molecule has 2 fully saturated rings. The lowest BCUT2D eigenvalue weighted by Crippen LogP contribution is -2.44. The lowest BCUT2D eigenvalue weighted by molar-refractivity contribution is -0.118. The summed E-state index contributed by atoms with van der Waals surface area (Å²) in [6.07, 6.45) is 4.89. The van der Waals surface area contributed by atoms with Crippen LogP contribution in [0.3, 0.4) is 0 Å². The van der Waals surface area contributed by atoms with E-state index in [1.54, 1.807) is 89.2 Å². The highest BCUT2D eigenvalue weighted by atomic mass is 35.5. The second-order valence-electron chi connectivity index (χ2n) is 19.2. The third kappa shape index (κ3) is 22.4. The van der Waals surface area contributed by atoms with Crippen LogP contribution < -0.4 is 31.9 Å². The minimum absolute atomic E-state index is 0.0174. The van der Waals surface area contributed by atoms with Crippen LogP contribution in [0.4, 0.5) is 54.1 Å². The first-order chi connectivity index (χ1) is 32.3. The van der Waals surface area contributed by atoms with Crippen molar-refractivity contribution in [2.24, 2.45) is 11.8 Å². The molecule has 380 valence electrons. The van der Waals surface area contributed by atoms with Crippen molar-refractivity contribution in [1.82, 2.24) is 39.9 Å². The summed E-state index contributed by atoms with van der Waals surface area (Å²) in [6.45, 7) is 20.2. The number of nitrogen functional groups attached to an aromatic ring is 2. The van der Waals surface area contributed by atoms with E-state index in [9.17, 15) is 28.8 Å². The lowest BCUT2D eigenvalue weighted by atomic mass is 10.2. The van der Waals surface area contributed by atoms with Crippen LogP contribution in [0.5, 0.6) is 0 Å². The average Bonchev–Trinajstić information content (AvgIpc) is 4.11. The number of nitrogens with two attached hydrogens (primary N) is 2. The van der Waals surface area contributed by atoms with Gasteiger partial charge in [0.1, 0.15) is 81.3 Å². The summed E-state index contributed by atoms with van der Waals surface area (Å²) < 4.78 is 21.0. The monoisotopic (exact) mass is 1010 g/mol. The number of hydrogen-bond donors (Lipinski definition) is 4. The number of anilines is 6. The number of carbonyl (C=O) groups excluding carboxylic acids is 6. The van der Waals surface area contributed by atoms with Gasteiger partial charge in [0, 0.05) is 36.1 Å². The van der Waals surface area contributed by atoms with E-state index in [1.807, 2.05) is 0 Å². The SMILES string of the molecule is CC(C)(C)OC(=O)N(C(=O)OC(C)(C)C)c1cc(Cl)ncn1.CC(C)(C)OC(=O)N(C(=O)OC(C)(C)C)c1cc(NC(=O)C2CC2)ncn1.Nc1cc(Cl)ncn1.Nc1cc(NC(=O)C2CC2)ncn1. The zero-order chi connectivity index (χ0) is 52.8. The van der Waals surface area contributed by atoms with Gasteiger partial charge >= 0.3 is 24.4 Å². The number of halogens is 2. The van der Waals surface area contributed by atoms with E-state index >= 15 is 0 Å². The summed E-state index contributed by atoms with van der Waals surface area (Å²) in [5.74, 6) is 1.37. The van der Waals surface area contributed by atoms with Crippen LogP contribution >= 0.6 is 23.2 Å². The van der Waals surface area contributed by atoms with Gasteiger partial charge in [0.15, 0.2) is 11.6 Å². The van der Waals surface area contributed by atoms with Crippen molar-refractivity contribution >= 4 is 94.3 Å². The molecule has 6 N–H and O–H groups in total. The third-order valence-electron chi connectivity index (χ3n) is 7.78. The summed E-state index contributed by atoms with van der Waals surface area (Å²) in [6, 6.07) is 5.63. The van der Waals surface area contributed by atoms with E-state index in [4.69, 9.17) is 53.6 Å². The molecule has 0 spiro atoms. The molecule has 26 heteroatoms. The smallest absolute Gasteiger partial charge is 0.425 e. The topological polar surface area (TPSA) is 325 Å². The molecular formula is C44H60Cl2N14O10. The Morgan fingerprint density at radius 3 is 1.07 bits per heavy atom. The summed E-state index contributed by atoms with van der Waals surface area (Å²) in [5.41, 5.74) is 7.43. The van der Waals surface area contributed by atoms with Crippen LogP contribution in [0.15, 0.2) is 49.6 Å². The highest BCUT2D eigenvalue weighted by Crippen LogP contribution is 2.31. The van der Waals surface area contributed by atoms with Crippen molar-refractivity contribution in [2.75, 3.05) is 31.9 Å². The Bertz CT molecular complexity index is 2390. The molecule has 0 radical (unpaired) electrons. The van der Waals surface area contributed by atoms with E-state index in [0.29, 0.717) is 32.4 Å². The number of rotatable bonds is 6. The fraction of sp³-hybridized carbons (Fsp3) is 0.500. The number of amides is 6. The van der Waals surface area contributed by atoms with E-state index in [-0.39, 0.29) is 46.3 Å². The van der Waals surface area contributed by atoms with Crippen LogP contribution in [0, 0.1) is 11.8 Å². The molecule has 0 unspecified atom stereocenters. The first kappa shape index (κ1) is 57.2. The molecule has 4 aromatic rings. The zero-order valence-electron chi connectivity index (χ0n) is 41.1. The second-order valence-corrected chi connectivity index (χ2v) is 19.9. The predicted octanol–water partition coefficient (Wildman–Crippen LogP) is 8.43. The van der Waals surface area contributed by atoms with Gasteiger partial charge in [-0.1, -0.05) is 23.2 Å². The predicted molar refractivity (Wildman–Crippen MR) is 260 cm³/mol. The summed E-state index contributed by atoms with van der Waals surface area (Å²) in [5, 5.41) is 5.79. The van der Waals surface area contributed by atoms with Gasteiger partial charge in [-0.05, 0) is 109 Å². The van der Waals surface area contributed by atoms with E-state index in [2.05, 4.69) is 50.5 Å². The normalized spacial score (nSPS) is 13.1. The Morgan fingerprint density at radius 1 is 0.471 bits per heavy atom. The van der Waals surface area contributed by atoms with Gasteiger partial charge in [-0.15, -0.1) is 0 Å².